The Labute approximate surface area is 171 Å². The van der Waals surface area contributed by atoms with E-state index in [1.165, 1.54) is 17.8 Å². The van der Waals surface area contributed by atoms with E-state index in [0.29, 0.717) is 34.5 Å². The second kappa shape index (κ2) is 9.65. The first-order chi connectivity index (χ1) is 14.1. The summed E-state index contributed by atoms with van der Waals surface area (Å²) in [5.41, 5.74) is 1.37. The van der Waals surface area contributed by atoms with E-state index in [1.54, 1.807) is 41.0 Å². The van der Waals surface area contributed by atoms with Gasteiger partial charge in [-0.05, 0) is 12.1 Å². The number of thioether (sulfide) groups is 1. The largest absolute Gasteiger partial charge is 0.326 e. The first kappa shape index (κ1) is 20.3. The van der Waals surface area contributed by atoms with Crippen molar-refractivity contribution in [1.82, 2.24) is 14.8 Å². The van der Waals surface area contributed by atoms with Crippen LogP contribution >= 0.6 is 11.8 Å². The van der Waals surface area contributed by atoms with Gasteiger partial charge in [-0.1, -0.05) is 54.2 Å². The molecule has 0 unspecified atom stereocenters. The molecule has 148 valence electrons. The number of nitro benzene ring substituents is 1. The van der Waals surface area contributed by atoms with E-state index in [2.05, 4.69) is 22.1 Å². The molecular formula is C20H19N5O3S. The summed E-state index contributed by atoms with van der Waals surface area (Å²) in [5.74, 6) is 0.662. The lowest BCUT2D eigenvalue weighted by molar-refractivity contribution is -0.385. The van der Waals surface area contributed by atoms with Gasteiger partial charge in [0.15, 0.2) is 5.16 Å². The van der Waals surface area contributed by atoms with Crippen LogP contribution in [0.2, 0.25) is 0 Å². The van der Waals surface area contributed by atoms with E-state index in [1.807, 2.05) is 18.2 Å². The second-order valence-corrected chi connectivity index (χ2v) is 7.01. The smallest absolute Gasteiger partial charge is 0.273 e. The van der Waals surface area contributed by atoms with Crippen LogP contribution < -0.4 is 5.32 Å². The van der Waals surface area contributed by atoms with Crippen molar-refractivity contribution in [3.05, 3.63) is 88.8 Å². The molecule has 1 heterocycles. The van der Waals surface area contributed by atoms with Crippen LogP contribution in [0.1, 0.15) is 11.4 Å². The standard InChI is InChI=1S/C20H19N5O3S/c1-2-12-24-18(13-19(26)21-16-9-4-3-5-10-16)22-23-20(24)29-14-15-8-6-7-11-17(15)25(27)28/h2-11H,1,12-14H2,(H,21,26). The number of allylic oxidation sites excluding steroid dienone is 1. The van der Waals surface area contributed by atoms with E-state index >= 15 is 0 Å². The number of aromatic nitrogens is 3. The van der Waals surface area contributed by atoms with E-state index < -0.39 is 4.92 Å². The van der Waals surface area contributed by atoms with E-state index in [0.717, 1.165) is 0 Å². The number of nitrogens with zero attached hydrogens (tertiary/aromatic N) is 4. The van der Waals surface area contributed by atoms with Gasteiger partial charge >= 0.3 is 0 Å². The van der Waals surface area contributed by atoms with Crippen LogP contribution in [0.3, 0.4) is 0 Å². The van der Waals surface area contributed by atoms with Gasteiger partial charge in [-0.25, -0.2) is 0 Å². The van der Waals surface area contributed by atoms with Gasteiger partial charge in [0.1, 0.15) is 5.82 Å². The normalized spacial score (nSPS) is 10.5. The predicted octanol–water partition coefficient (Wildman–Crippen LogP) is 3.85. The molecule has 1 N–H and O–H groups in total. The highest BCUT2D eigenvalue weighted by Crippen LogP contribution is 2.27. The van der Waals surface area contributed by atoms with Crippen LogP contribution in [0.4, 0.5) is 11.4 Å². The molecule has 1 aromatic heterocycles. The van der Waals surface area contributed by atoms with Crippen molar-refractivity contribution < 1.29 is 9.72 Å². The molecule has 9 heteroatoms. The number of carbonyl (C=O) groups is 1. The third-order valence-electron chi connectivity index (χ3n) is 4.03. The zero-order chi connectivity index (χ0) is 20.6. The summed E-state index contributed by atoms with van der Waals surface area (Å²) in [5, 5.41) is 22.9. The second-order valence-electron chi connectivity index (χ2n) is 6.06. The van der Waals surface area contributed by atoms with Gasteiger partial charge < -0.3 is 9.88 Å². The Morgan fingerprint density at radius 3 is 2.62 bits per heavy atom. The maximum Gasteiger partial charge on any atom is 0.273 e. The Hall–Kier alpha value is -3.46. The number of anilines is 1. The minimum atomic E-state index is -0.399. The number of hydrogen-bond donors (Lipinski definition) is 1. The highest BCUT2D eigenvalue weighted by Gasteiger charge is 2.18. The highest BCUT2D eigenvalue weighted by molar-refractivity contribution is 7.98. The van der Waals surface area contributed by atoms with Gasteiger partial charge in [0, 0.05) is 29.6 Å². The number of nitro groups is 1. The number of carbonyl (C=O) groups excluding carboxylic acids is 1. The van der Waals surface area contributed by atoms with Gasteiger partial charge in [0.2, 0.25) is 5.91 Å². The third-order valence-corrected chi connectivity index (χ3v) is 5.04. The van der Waals surface area contributed by atoms with E-state index in [-0.39, 0.29) is 18.0 Å². The van der Waals surface area contributed by atoms with Crippen molar-refractivity contribution in [3.8, 4) is 0 Å². The van der Waals surface area contributed by atoms with Crippen LogP contribution in [0.25, 0.3) is 0 Å². The molecule has 0 fully saturated rings. The lowest BCUT2D eigenvalue weighted by Crippen LogP contribution is -2.17. The highest BCUT2D eigenvalue weighted by atomic mass is 32.2. The van der Waals surface area contributed by atoms with Crippen LogP contribution in [0, 0.1) is 10.1 Å². The van der Waals surface area contributed by atoms with Crippen molar-refractivity contribution in [2.75, 3.05) is 5.32 Å². The molecule has 0 bridgehead atoms. The lowest BCUT2D eigenvalue weighted by Gasteiger charge is -2.08. The summed E-state index contributed by atoms with van der Waals surface area (Å²) in [4.78, 5) is 23.1. The average Bonchev–Trinajstić information content (AvgIpc) is 3.09. The maximum absolute atomic E-state index is 12.3. The van der Waals surface area contributed by atoms with E-state index in [9.17, 15) is 14.9 Å². The molecule has 0 aliphatic carbocycles. The molecule has 0 radical (unpaired) electrons. The van der Waals surface area contributed by atoms with Gasteiger partial charge in [-0.3, -0.25) is 14.9 Å². The number of hydrogen-bond acceptors (Lipinski definition) is 6. The van der Waals surface area contributed by atoms with Gasteiger partial charge in [0.05, 0.1) is 11.3 Å². The first-order valence-corrected chi connectivity index (χ1v) is 9.80. The molecule has 3 rings (SSSR count). The maximum atomic E-state index is 12.3. The molecule has 1 amide bonds. The summed E-state index contributed by atoms with van der Waals surface area (Å²) in [6.07, 6.45) is 1.75. The fraction of sp³-hybridized carbons (Fsp3) is 0.150. The van der Waals surface area contributed by atoms with Gasteiger partial charge in [-0.2, -0.15) is 0 Å². The quantitative estimate of drug-likeness (QED) is 0.249. The average molecular weight is 409 g/mol. The topological polar surface area (TPSA) is 103 Å². The van der Waals surface area contributed by atoms with Gasteiger partial charge in [0.25, 0.3) is 5.69 Å². The molecule has 0 aliphatic heterocycles. The summed E-state index contributed by atoms with van der Waals surface area (Å²) in [6, 6.07) is 15.8. The van der Waals surface area contributed by atoms with Crippen molar-refractivity contribution in [2.45, 2.75) is 23.9 Å². The molecule has 0 aliphatic rings. The molecule has 0 atom stereocenters. The fourth-order valence-electron chi connectivity index (χ4n) is 2.69. The Kier molecular flexibility index (Phi) is 6.75. The van der Waals surface area contributed by atoms with Crippen LogP contribution in [0.5, 0.6) is 0 Å². The minimum absolute atomic E-state index is 0.0573. The van der Waals surface area contributed by atoms with E-state index in [4.69, 9.17) is 0 Å². The summed E-state index contributed by atoms with van der Waals surface area (Å²) >= 11 is 1.33. The molecule has 3 aromatic rings. The third kappa shape index (κ3) is 5.29. The molecule has 2 aromatic carbocycles. The Morgan fingerprint density at radius 1 is 1.17 bits per heavy atom. The molecule has 8 nitrogen and oxygen atoms in total. The molecule has 29 heavy (non-hydrogen) atoms. The van der Waals surface area contributed by atoms with Crippen LogP contribution in [0.15, 0.2) is 72.4 Å². The number of amides is 1. The predicted molar refractivity (Wildman–Crippen MR) is 112 cm³/mol. The summed E-state index contributed by atoms with van der Waals surface area (Å²) in [7, 11) is 0. The first-order valence-electron chi connectivity index (χ1n) is 8.81. The Morgan fingerprint density at radius 2 is 1.90 bits per heavy atom. The fourth-order valence-corrected chi connectivity index (χ4v) is 3.66. The van der Waals surface area contributed by atoms with Crippen LogP contribution in [-0.4, -0.2) is 25.6 Å². The molecule has 0 saturated heterocycles. The molecular weight excluding hydrogens is 390 g/mol. The number of para-hydroxylation sites is 2. The van der Waals surface area contributed by atoms with Crippen molar-refractivity contribution in [3.63, 3.8) is 0 Å². The zero-order valence-corrected chi connectivity index (χ0v) is 16.3. The van der Waals surface area contributed by atoms with Gasteiger partial charge in [-0.15, -0.1) is 16.8 Å². The minimum Gasteiger partial charge on any atom is -0.326 e. The molecule has 0 spiro atoms. The Bertz CT molecular complexity index is 1020. The van der Waals surface area contributed by atoms with Crippen molar-refractivity contribution in [1.29, 1.82) is 0 Å². The molecule has 0 saturated carbocycles. The number of benzene rings is 2. The number of nitrogens with one attached hydrogen (secondary N) is 1. The summed E-state index contributed by atoms with van der Waals surface area (Å²) < 4.78 is 1.79. The Balaban J connectivity index is 1.72. The summed E-state index contributed by atoms with van der Waals surface area (Å²) in [6.45, 7) is 4.18. The zero-order valence-electron chi connectivity index (χ0n) is 15.5. The van der Waals surface area contributed by atoms with Crippen LogP contribution in [-0.2, 0) is 23.5 Å². The van der Waals surface area contributed by atoms with Crippen molar-refractivity contribution >= 4 is 29.0 Å². The monoisotopic (exact) mass is 409 g/mol. The van der Waals surface area contributed by atoms with Crippen molar-refractivity contribution in [2.24, 2.45) is 0 Å². The lowest BCUT2D eigenvalue weighted by atomic mass is 10.2. The SMILES string of the molecule is C=CCn1c(CC(=O)Nc2ccccc2)nnc1SCc1ccccc1[N+](=O)[O-]. The number of rotatable bonds is 9.